The molecule has 0 amide bonds. The predicted octanol–water partition coefficient (Wildman–Crippen LogP) is 4.21. The Kier molecular flexibility index (Phi) is 3.73. The molecule has 0 aromatic rings. The molecule has 2 heterocycles. The minimum atomic E-state index is -3.36. The number of allylic oxidation sites excluding steroid dienone is 2. The van der Waals surface area contributed by atoms with Crippen LogP contribution in [0.5, 0.6) is 0 Å². The van der Waals surface area contributed by atoms with E-state index in [1.165, 1.54) is 16.5 Å². The van der Waals surface area contributed by atoms with E-state index in [-0.39, 0.29) is 0 Å². The summed E-state index contributed by atoms with van der Waals surface area (Å²) in [6.45, 7) is 4.39. The van der Waals surface area contributed by atoms with E-state index >= 15 is 0 Å². The van der Waals surface area contributed by atoms with Crippen LogP contribution < -0.4 is 0 Å². The summed E-state index contributed by atoms with van der Waals surface area (Å²) in [7, 11) is -3.36. The third-order valence-electron chi connectivity index (χ3n) is 3.81. The maximum absolute atomic E-state index is 13.5. The van der Waals surface area contributed by atoms with E-state index in [0.29, 0.717) is 18.7 Å². The number of fused-ring (bicyclic) bond motifs is 1. The van der Waals surface area contributed by atoms with Crippen LogP contribution in [0.2, 0.25) is 0 Å². The van der Waals surface area contributed by atoms with Gasteiger partial charge in [-0.15, -0.1) is 5.11 Å². The fraction of sp³-hybridized carbons (Fsp3) is 0.615. The highest BCUT2D eigenvalue weighted by atomic mass is 32.2. The molecule has 6 nitrogen and oxygen atoms in total. The SMILES string of the molecule is CCOP1(=O)N(CC)N=NC12SC1=CCCCC1=C2C#N. The Hall–Kier alpha value is -1.09. The Balaban J connectivity index is 2.17. The number of rotatable bonds is 3. The smallest absolute Gasteiger partial charge is 0.310 e. The highest BCUT2D eigenvalue weighted by Crippen LogP contribution is 2.77. The highest BCUT2D eigenvalue weighted by Gasteiger charge is 2.65. The lowest BCUT2D eigenvalue weighted by atomic mass is 9.97. The van der Waals surface area contributed by atoms with E-state index in [0.717, 1.165) is 29.7 Å². The van der Waals surface area contributed by atoms with E-state index < -0.39 is 12.1 Å². The molecule has 8 heteroatoms. The first kappa shape index (κ1) is 14.8. The van der Waals surface area contributed by atoms with Gasteiger partial charge in [-0.3, -0.25) is 4.57 Å². The van der Waals surface area contributed by atoms with Gasteiger partial charge in [0.2, 0.25) is 0 Å². The molecule has 0 radical (unpaired) electrons. The third kappa shape index (κ3) is 1.86. The summed E-state index contributed by atoms with van der Waals surface area (Å²) < 4.78 is 19.4. The molecule has 0 fully saturated rings. The van der Waals surface area contributed by atoms with Gasteiger partial charge in [0, 0.05) is 11.4 Å². The molecule has 21 heavy (non-hydrogen) atoms. The van der Waals surface area contributed by atoms with Gasteiger partial charge in [-0.2, -0.15) is 5.26 Å². The van der Waals surface area contributed by atoms with Crippen LogP contribution in [-0.4, -0.2) is 22.5 Å². The van der Waals surface area contributed by atoms with Crippen LogP contribution in [0, 0.1) is 11.3 Å². The average molecular weight is 324 g/mol. The molecule has 0 N–H and O–H groups in total. The van der Waals surface area contributed by atoms with E-state index in [1.807, 2.05) is 6.92 Å². The van der Waals surface area contributed by atoms with Crippen molar-refractivity contribution in [2.45, 2.75) is 37.7 Å². The summed E-state index contributed by atoms with van der Waals surface area (Å²) in [6.07, 6.45) is 4.93. The summed E-state index contributed by atoms with van der Waals surface area (Å²) >= 11 is 1.38. The Morgan fingerprint density at radius 2 is 2.43 bits per heavy atom. The van der Waals surface area contributed by atoms with Crippen molar-refractivity contribution in [3.63, 3.8) is 0 Å². The minimum absolute atomic E-state index is 0.300. The predicted molar refractivity (Wildman–Crippen MR) is 81.4 cm³/mol. The van der Waals surface area contributed by atoms with Crippen molar-refractivity contribution in [3.8, 4) is 6.07 Å². The monoisotopic (exact) mass is 324 g/mol. The molecule has 2 unspecified atom stereocenters. The second-order valence-electron chi connectivity index (χ2n) is 4.95. The van der Waals surface area contributed by atoms with Crippen LogP contribution in [0.1, 0.15) is 33.1 Å². The molecule has 0 saturated heterocycles. The van der Waals surface area contributed by atoms with Crippen LogP contribution in [0.15, 0.2) is 32.5 Å². The highest BCUT2D eigenvalue weighted by molar-refractivity contribution is 8.10. The van der Waals surface area contributed by atoms with Crippen molar-refractivity contribution in [3.05, 3.63) is 22.1 Å². The van der Waals surface area contributed by atoms with Crippen molar-refractivity contribution in [2.75, 3.05) is 13.2 Å². The Morgan fingerprint density at radius 3 is 3.10 bits per heavy atom. The van der Waals surface area contributed by atoms with E-state index in [2.05, 4.69) is 22.5 Å². The van der Waals surface area contributed by atoms with Crippen molar-refractivity contribution in [1.82, 2.24) is 4.78 Å². The molecule has 3 aliphatic rings. The van der Waals surface area contributed by atoms with Crippen LogP contribution in [0.4, 0.5) is 0 Å². The van der Waals surface area contributed by atoms with Gasteiger partial charge in [-0.1, -0.05) is 23.1 Å². The van der Waals surface area contributed by atoms with Gasteiger partial charge < -0.3 is 4.52 Å². The van der Waals surface area contributed by atoms with Gasteiger partial charge in [0.1, 0.15) is 0 Å². The van der Waals surface area contributed by atoms with Gasteiger partial charge in [0.15, 0.2) is 0 Å². The largest absolute Gasteiger partial charge is 0.357 e. The summed E-state index contributed by atoms with van der Waals surface area (Å²) in [5.41, 5.74) is 1.44. The van der Waals surface area contributed by atoms with E-state index in [9.17, 15) is 9.83 Å². The molecule has 0 aromatic heterocycles. The van der Waals surface area contributed by atoms with Crippen LogP contribution in [0.25, 0.3) is 0 Å². The summed E-state index contributed by atoms with van der Waals surface area (Å²) in [5, 5.41) is 18.0. The van der Waals surface area contributed by atoms with Crippen LogP contribution in [0.3, 0.4) is 0 Å². The van der Waals surface area contributed by atoms with Gasteiger partial charge in [0.05, 0.1) is 18.2 Å². The fourth-order valence-corrected chi connectivity index (χ4v) is 7.37. The summed E-state index contributed by atoms with van der Waals surface area (Å²) in [5.74, 6) is 0. The number of hydrogen-bond acceptors (Lipinski definition) is 6. The minimum Gasteiger partial charge on any atom is -0.310 e. The van der Waals surface area contributed by atoms with Gasteiger partial charge >= 0.3 is 7.52 Å². The molecule has 0 bridgehead atoms. The van der Waals surface area contributed by atoms with Gasteiger partial charge in [0.25, 0.3) is 4.61 Å². The second-order valence-corrected chi connectivity index (χ2v) is 8.90. The first-order chi connectivity index (χ1) is 10.1. The zero-order chi connectivity index (χ0) is 15.1. The van der Waals surface area contributed by atoms with Crippen molar-refractivity contribution in [2.24, 2.45) is 10.3 Å². The molecule has 1 spiro atoms. The first-order valence-corrected chi connectivity index (χ1v) is 9.51. The van der Waals surface area contributed by atoms with Crippen molar-refractivity contribution >= 4 is 19.3 Å². The maximum atomic E-state index is 13.5. The Morgan fingerprint density at radius 1 is 1.62 bits per heavy atom. The molecule has 0 saturated carbocycles. The van der Waals surface area contributed by atoms with Gasteiger partial charge in [-0.05, 0) is 38.7 Å². The van der Waals surface area contributed by atoms with E-state index in [1.54, 1.807) is 6.92 Å². The zero-order valence-corrected chi connectivity index (χ0v) is 13.8. The quantitative estimate of drug-likeness (QED) is 0.727. The fourth-order valence-electron chi connectivity index (χ4n) is 2.88. The first-order valence-electron chi connectivity index (χ1n) is 7.11. The normalized spacial score (nSPS) is 34.3. The zero-order valence-electron chi connectivity index (χ0n) is 12.1. The maximum Gasteiger partial charge on any atom is 0.357 e. The average Bonchev–Trinajstić information content (AvgIpc) is 2.95. The molecule has 0 aromatic carbocycles. The number of thioether (sulfide) groups is 1. The Labute approximate surface area is 128 Å². The molecule has 3 rings (SSSR count). The Bertz CT molecular complexity index is 651. The van der Waals surface area contributed by atoms with Gasteiger partial charge in [-0.25, -0.2) is 4.78 Å². The molecule has 2 aliphatic heterocycles. The summed E-state index contributed by atoms with van der Waals surface area (Å²) in [6, 6.07) is 2.24. The number of nitriles is 1. The molecule has 112 valence electrons. The summed E-state index contributed by atoms with van der Waals surface area (Å²) in [4.78, 5) is 1.02. The third-order valence-corrected chi connectivity index (χ3v) is 8.63. The number of nitrogens with zero attached hydrogens (tertiary/aromatic N) is 4. The topological polar surface area (TPSA) is 78.0 Å². The lowest BCUT2D eigenvalue weighted by Crippen LogP contribution is -2.26. The molecular weight excluding hydrogens is 307 g/mol. The molecule has 2 atom stereocenters. The lowest BCUT2D eigenvalue weighted by molar-refractivity contribution is 0.282. The molecule has 1 aliphatic carbocycles. The van der Waals surface area contributed by atoms with Crippen LogP contribution >= 0.6 is 19.3 Å². The van der Waals surface area contributed by atoms with E-state index in [4.69, 9.17) is 4.52 Å². The standard InChI is InChI=1S/C13H17N4O2PS/c1-3-17-16-15-13(20(17,18)19-4-2)11(9-14)10-7-5-6-8-12(10)21-13/h8H,3-7H2,1-2H3. The second kappa shape index (κ2) is 5.28. The van der Waals surface area contributed by atoms with Crippen molar-refractivity contribution < 1.29 is 9.09 Å². The molecular formula is C13H17N4O2PS. The van der Waals surface area contributed by atoms with Crippen molar-refractivity contribution in [1.29, 1.82) is 5.26 Å². The number of hydrogen-bond donors (Lipinski definition) is 0. The lowest BCUT2D eigenvalue weighted by Gasteiger charge is -2.29. The van der Waals surface area contributed by atoms with Crippen LogP contribution in [-0.2, 0) is 9.09 Å².